The van der Waals surface area contributed by atoms with Gasteiger partial charge in [-0.25, -0.2) is 14.7 Å². The summed E-state index contributed by atoms with van der Waals surface area (Å²) in [6.45, 7) is 1.90. The Balaban J connectivity index is 1.66. The van der Waals surface area contributed by atoms with Crippen LogP contribution in [0, 0.1) is 0 Å². The van der Waals surface area contributed by atoms with Crippen molar-refractivity contribution in [1.29, 1.82) is 0 Å². The van der Waals surface area contributed by atoms with Gasteiger partial charge in [-0.15, -0.1) is 0 Å². The number of carbonyl (C=O) groups excluding carboxylic acids is 2. The van der Waals surface area contributed by atoms with Crippen molar-refractivity contribution in [3.05, 3.63) is 42.5 Å². The van der Waals surface area contributed by atoms with E-state index in [9.17, 15) is 9.59 Å². The average Bonchev–Trinajstić information content (AvgIpc) is 3.12. The van der Waals surface area contributed by atoms with Gasteiger partial charge in [0.2, 0.25) is 5.91 Å². The molecule has 1 N–H and O–H groups in total. The van der Waals surface area contributed by atoms with Gasteiger partial charge in [-0.05, 0) is 24.6 Å². The summed E-state index contributed by atoms with van der Waals surface area (Å²) in [5.74, 6) is -0.328. The van der Waals surface area contributed by atoms with E-state index in [1.165, 1.54) is 11.3 Å². The Morgan fingerprint density at radius 2 is 2.00 bits per heavy atom. The van der Waals surface area contributed by atoms with Crippen molar-refractivity contribution < 1.29 is 9.59 Å². The van der Waals surface area contributed by atoms with Gasteiger partial charge in [0.05, 0.1) is 11.7 Å². The number of amides is 2. The van der Waals surface area contributed by atoms with Crippen molar-refractivity contribution >= 4 is 17.5 Å². The van der Waals surface area contributed by atoms with Crippen LogP contribution in [0.2, 0.25) is 0 Å². The summed E-state index contributed by atoms with van der Waals surface area (Å²) in [5.41, 5.74) is 2.24. The Labute approximate surface area is 139 Å². The van der Waals surface area contributed by atoms with E-state index in [1.807, 2.05) is 31.2 Å². The largest absolute Gasteiger partial charge is 0.344 e. The van der Waals surface area contributed by atoms with Crippen molar-refractivity contribution in [3.63, 3.8) is 0 Å². The molecular weight excluding hydrogens is 308 g/mol. The second-order valence-corrected chi connectivity index (χ2v) is 5.59. The van der Waals surface area contributed by atoms with Crippen LogP contribution in [-0.2, 0) is 9.59 Å². The van der Waals surface area contributed by atoms with Crippen LogP contribution >= 0.6 is 0 Å². The van der Waals surface area contributed by atoms with Gasteiger partial charge in [0.1, 0.15) is 18.4 Å². The topological polar surface area (TPSA) is 92.5 Å². The van der Waals surface area contributed by atoms with E-state index in [-0.39, 0.29) is 17.9 Å². The molecule has 0 radical (unpaired) electrons. The number of hydrogen-bond donors (Lipinski definition) is 1. The van der Waals surface area contributed by atoms with Gasteiger partial charge in [0.25, 0.3) is 5.91 Å². The number of hydrogen-bond acceptors (Lipinski definition) is 5. The molecule has 2 amide bonds. The first-order chi connectivity index (χ1) is 11.5. The molecule has 2 aromatic rings. The van der Waals surface area contributed by atoms with E-state index in [0.29, 0.717) is 18.6 Å². The summed E-state index contributed by atoms with van der Waals surface area (Å²) in [5, 5.41) is 12.2. The molecule has 24 heavy (non-hydrogen) atoms. The maximum Gasteiger partial charge on any atom is 0.267 e. The number of benzene rings is 1. The van der Waals surface area contributed by atoms with E-state index in [0.717, 1.165) is 11.3 Å². The molecule has 1 aromatic heterocycles. The van der Waals surface area contributed by atoms with Gasteiger partial charge in [-0.1, -0.05) is 12.1 Å². The standard InChI is InChI=1S/C16H18N6O2/c1-11(19-16(24)14-7-8-15(23)21(2)20-14)12-3-5-13(6-4-12)22-10-17-9-18-22/h3-6,9-11H,7-8H2,1-2H3,(H,19,24)/t11-/m0/s1. The zero-order valence-corrected chi connectivity index (χ0v) is 13.5. The molecule has 0 aliphatic carbocycles. The van der Waals surface area contributed by atoms with Crippen molar-refractivity contribution in [3.8, 4) is 5.69 Å². The fraction of sp³-hybridized carbons (Fsp3) is 0.312. The minimum absolute atomic E-state index is 0.0803. The number of rotatable bonds is 4. The van der Waals surface area contributed by atoms with Crippen LogP contribution in [0.15, 0.2) is 42.0 Å². The number of carbonyl (C=O) groups is 2. The van der Waals surface area contributed by atoms with Crippen LogP contribution in [0.3, 0.4) is 0 Å². The quantitative estimate of drug-likeness (QED) is 0.909. The molecule has 8 nitrogen and oxygen atoms in total. The maximum atomic E-state index is 12.3. The monoisotopic (exact) mass is 326 g/mol. The number of nitrogens with one attached hydrogen (secondary N) is 1. The summed E-state index contributed by atoms with van der Waals surface area (Å²) in [7, 11) is 1.56. The van der Waals surface area contributed by atoms with Crippen molar-refractivity contribution in [2.24, 2.45) is 5.10 Å². The smallest absolute Gasteiger partial charge is 0.267 e. The van der Waals surface area contributed by atoms with Gasteiger partial charge < -0.3 is 5.32 Å². The van der Waals surface area contributed by atoms with E-state index in [4.69, 9.17) is 0 Å². The molecule has 0 unspecified atom stereocenters. The van der Waals surface area contributed by atoms with Gasteiger partial charge in [0.15, 0.2) is 0 Å². The van der Waals surface area contributed by atoms with Crippen LogP contribution in [0.1, 0.15) is 31.4 Å². The lowest BCUT2D eigenvalue weighted by atomic mass is 10.1. The van der Waals surface area contributed by atoms with Crippen LogP contribution in [-0.4, -0.2) is 44.3 Å². The lowest BCUT2D eigenvalue weighted by molar-refractivity contribution is -0.130. The summed E-state index contributed by atoms with van der Waals surface area (Å²) >= 11 is 0. The fourth-order valence-corrected chi connectivity index (χ4v) is 2.45. The SMILES string of the molecule is C[C@H](NC(=O)C1=NN(C)C(=O)CC1)c1ccc(-n2cncn2)cc1. The van der Waals surface area contributed by atoms with Crippen LogP contribution < -0.4 is 5.32 Å². The first-order valence-electron chi connectivity index (χ1n) is 7.64. The summed E-state index contributed by atoms with van der Waals surface area (Å²) in [4.78, 5) is 27.6. The van der Waals surface area contributed by atoms with E-state index < -0.39 is 0 Å². The highest BCUT2D eigenvalue weighted by atomic mass is 16.2. The van der Waals surface area contributed by atoms with Crippen LogP contribution in [0.4, 0.5) is 0 Å². The molecule has 3 rings (SSSR count). The van der Waals surface area contributed by atoms with E-state index >= 15 is 0 Å². The Hall–Kier alpha value is -3.03. The third-order valence-corrected chi connectivity index (χ3v) is 3.89. The first-order valence-corrected chi connectivity index (χ1v) is 7.64. The lowest BCUT2D eigenvalue weighted by Crippen LogP contribution is -2.38. The second kappa shape index (κ2) is 6.61. The zero-order chi connectivity index (χ0) is 17.1. The number of hydrazone groups is 1. The molecule has 1 aliphatic rings. The van der Waals surface area contributed by atoms with Gasteiger partial charge >= 0.3 is 0 Å². The highest BCUT2D eigenvalue weighted by Gasteiger charge is 2.23. The highest BCUT2D eigenvalue weighted by molar-refractivity contribution is 6.39. The Morgan fingerprint density at radius 3 is 2.62 bits per heavy atom. The predicted molar refractivity (Wildman–Crippen MR) is 87.4 cm³/mol. The molecule has 1 aliphatic heterocycles. The molecule has 0 spiro atoms. The predicted octanol–water partition coefficient (Wildman–Crippen LogP) is 1.05. The molecular formula is C16H18N6O2. The molecule has 8 heteroatoms. The summed E-state index contributed by atoms with van der Waals surface area (Å²) in [6.07, 6.45) is 3.78. The first kappa shape index (κ1) is 15.9. The fourth-order valence-electron chi connectivity index (χ4n) is 2.45. The summed E-state index contributed by atoms with van der Waals surface area (Å²) in [6, 6.07) is 7.52. The molecule has 0 fully saturated rings. The van der Waals surface area contributed by atoms with Crippen molar-refractivity contribution in [2.75, 3.05) is 7.05 Å². The van der Waals surface area contributed by atoms with E-state index in [1.54, 1.807) is 18.1 Å². The van der Waals surface area contributed by atoms with Gasteiger partial charge in [0, 0.05) is 19.9 Å². The highest BCUT2D eigenvalue weighted by Crippen LogP contribution is 2.16. The van der Waals surface area contributed by atoms with Crippen LogP contribution in [0.5, 0.6) is 0 Å². The summed E-state index contributed by atoms with van der Waals surface area (Å²) < 4.78 is 1.66. The van der Waals surface area contributed by atoms with Crippen molar-refractivity contribution in [1.82, 2.24) is 25.1 Å². The molecule has 0 saturated carbocycles. The zero-order valence-electron chi connectivity index (χ0n) is 13.5. The third-order valence-electron chi connectivity index (χ3n) is 3.89. The molecule has 124 valence electrons. The van der Waals surface area contributed by atoms with E-state index in [2.05, 4.69) is 20.5 Å². The van der Waals surface area contributed by atoms with Gasteiger partial charge in [-0.3, -0.25) is 9.59 Å². The molecule has 2 heterocycles. The molecule has 0 saturated heterocycles. The maximum absolute atomic E-state index is 12.3. The average molecular weight is 326 g/mol. The Bertz CT molecular complexity index is 766. The normalized spacial score (nSPS) is 15.8. The Morgan fingerprint density at radius 1 is 1.25 bits per heavy atom. The minimum atomic E-state index is -0.248. The van der Waals surface area contributed by atoms with Gasteiger partial charge in [-0.2, -0.15) is 10.2 Å². The number of nitrogens with zero attached hydrogens (tertiary/aromatic N) is 5. The van der Waals surface area contributed by atoms with Crippen LogP contribution in [0.25, 0.3) is 5.69 Å². The molecule has 1 aromatic carbocycles. The lowest BCUT2D eigenvalue weighted by Gasteiger charge is -2.21. The minimum Gasteiger partial charge on any atom is -0.344 e. The van der Waals surface area contributed by atoms with Crippen molar-refractivity contribution in [2.45, 2.75) is 25.8 Å². The second-order valence-electron chi connectivity index (χ2n) is 5.59. The number of aromatic nitrogens is 3. The molecule has 1 atom stereocenters. The third kappa shape index (κ3) is 3.32. The Kier molecular flexibility index (Phi) is 4.37. The molecule has 0 bridgehead atoms.